The highest BCUT2D eigenvalue weighted by atomic mass is 32.2. The van der Waals surface area contributed by atoms with Gasteiger partial charge in [0.25, 0.3) is 5.91 Å². The SMILES string of the molecule is CCN(CC)S(=O)(=O)c1ccc([C@@H](C)[NH2+]CC(=O)N2CCCCCCC2)cc1. The second-order valence-electron chi connectivity index (χ2n) is 7.54. The van der Waals surface area contributed by atoms with Crippen LogP contribution in [0.1, 0.15) is 64.5 Å². The van der Waals surface area contributed by atoms with Gasteiger partial charge in [-0.2, -0.15) is 4.31 Å². The first-order chi connectivity index (χ1) is 13.4. The molecule has 1 aromatic rings. The predicted octanol–water partition coefficient (Wildman–Crippen LogP) is 2.13. The maximum Gasteiger partial charge on any atom is 0.277 e. The molecular formula is C21H36N3O3S+. The Balaban J connectivity index is 1.93. The monoisotopic (exact) mass is 410 g/mol. The van der Waals surface area contributed by atoms with Crippen molar-refractivity contribution in [3.05, 3.63) is 29.8 Å². The Bertz CT molecular complexity index is 707. The van der Waals surface area contributed by atoms with Crippen molar-refractivity contribution in [2.24, 2.45) is 0 Å². The number of hydrogen-bond acceptors (Lipinski definition) is 3. The molecule has 1 aliphatic heterocycles. The lowest BCUT2D eigenvalue weighted by Crippen LogP contribution is -2.87. The fourth-order valence-corrected chi connectivity index (χ4v) is 5.15. The Morgan fingerprint density at radius 1 is 1.04 bits per heavy atom. The first-order valence-corrected chi connectivity index (χ1v) is 12.0. The van der Waals surface area contributed by atoms with Gasteiger partial charge in [-0.3, -0.25) is 4.79 Å². The number of nitrogens with zero attached hydrogens (tertiary/aromatic N) is 2. The summed E-state index contributed by atoms with van der Waals surface area (Å²) in [5.41, 5.74) is 1.03. The fraction of sp³-hybridized carbons (Fsp3) is 0.667. The molecule has 1 heterocycles. The Hall–Kier alpha value is -1.44. The second kappa shape index (κ2) is 10.9. The minimum atomic E-state index is -3.43. The number of carbonyl (C=O) groups is 1. The van der Waals surface area contributed by atoms with Crippen LogP contribution in [-0.4, -0.2) is 56.3 Å². The molecule has 0 aromatic heterocycles. The van der Waals surface area contributed by atoms with Crippen LogP contribution in [0.4, 0.5) is 0 Å². The summed E-state index contributed by atoms with van der Waals surface area (Å²) >= 11 is 0. The van der Waals surface area contributed by atoms with Crippen LogP contribution in [0.15, 0.2) is 29.2 Å². The molecule has 0 unspecified atom stereocenters. The van der Waals surface area contributed by atoms with E-state index in [2.05, 4.69) is 6.92 Å². The molecule has 7 heteroatoms. The summed E-state index contributed by atoms with van der Waals surface area (Å²) in [5.74, 6) is 0.203. The van der Waals surface area contributed by atoms with Crippen molar-refractivity contribution in [1.82, 2.24) is 9.21 Å². The van der Waals surface area contributed by atoms with Crippen molar-refractivity contribution < 1.29 is 18.5 Å². The zero-order valence-electron chi connectivity index (χ0n) is 17.6. The summed E-state index contributed by atoms with van der Waals surface area (Å²) in [6, 6.07) is 7.17. The molecule has 1 aromatic carbocycles. The molecule has 0 aliphatic carbocycles. The lowest BCUT2D eigenvalue weighted by Gasteiger charge is -2.24. The Kier molecular flexibility index (Phi) is 8.92. The zero-order valence-corrected chi connectivity index (χ0v) is 18.4. The maximum atomic E-state index is 12.6. The van der Waals surface area contributed by atoms with Crippen molar-refractivity contribution in [2.45, 2.75) is 63.8 Å². The molecule has 1 amide bonds. The van der Waals surface area contributed by atoms with Crippen LogP contribution < -0.4 is 5.32 Å². The fourth-order valence-electron chi connectivity index (χ4n) is 3.70. The van der Waals surface area contributed by atoms with E-state index in [1.165, 1.54) is 23.6 Å². The van der Waals surface area contributed by atoms with E-state index < -0.39 is 10.0 Å². The molecule has 1 fully saturated rings. The standard InChI is InChI=1S/C21H35N3O3S/c1-4-24(5-2)28(26,27)20-13-11-19(12-14-20)18(3)22-17-21(25)23-15-9-7-6-8-10-16-23/h11-14,18,22H,4-10,15-17H2,1-3H3/p+1/t18-/m1/s1. The van der Waals surface area contributed by atoms with E-state index in [0.29, 0.717) is 24.5 Å². The summed E-state index contributed by atoms with van der Waals surface area (Å²) in [5, 5.41) is 2.04. The van der Waals surface area contributed by atoms with Crippen LogP contribution in [0.5, 0.6) is 0 Å². The van der Waals surface area contributed by atoms with E-state index in [1.54, 1.807) is 12.1 Å². The number of sulfonamides is 1. The van der Waals surface area contributed by atoms with Crippen molar-refractivity contribution in [2.75, 3.05) is 32.7 Å². The lowest BCUT2D eigenvalue weighted by molar-refractivity contribution is -0.683. The second-order valence-corrected chi connectivity index (χ2v) is 9.47. The third-order valence-corrected chi connectivity index (χ3v) is 7.67. The maximum absolute atomic E-state index is 12.6. The van der Waals surface area contributed by atoms with Crippen molar-refractivity contribution in [1.29, 1.82) is 0 Å². The molecule has 6 nitrogen and oxygen atoms in total. The highest BCUT2D eigenvalue weighted by Crippen LogP contribution is 2.18. The minimum Gasteiger partial charge on any atom is -0.338 e. The normalized spacial score (nSPS) is 17.2. The molecule has 2 N–H and O–H groups in total. The van der Waals surface area contributed by atoms with Crippen LogP contribution in [0, 0.1) is 0 Å². The summed E-state index contributed by atoms with van der Waals surface area (Å²) < 4.78 is 26.6. The van der Waals surface area contributed by atoms with Crippen LogP contribution in [0.2, 0.25) is 0 Å². The molecule has 1 atom stereocenters. The van der Waals surface area contributed by atoms with Gasteiger partial charge in [0.15, 0.2) is 6.54 Å². The van der Waals surface area contributed by atoms with Gasteiger partial charge >= 0.3 is 0 Å². The van der Waals surface area contributed by atoms with Crippen molar-refractivity contribution in [3.8, 4) is 0 Å². The van der Waals surface area contributed by atoms with Gasteiger partial charge in [0.1, 0.15) is 6.04 Å². The largest absolute Gasteiger partial charge is 0.338 e. The molecule has 0 bridgehead atoms. The Labute approximate surface area is 170 Å². The number of benzene rings is 1. The van der Waals surface area contributed by atoms with E-state index in [4.69, 9.17) is 0 Å². The topological polar surface area (TPSA) is 74.3 Å². The van der Waals surface area contributed by atoms with Crippen LogP contribution >= 0.6 is 0 Å². The Morgan fingerprint density at radius 3 is 2.11 bits per heavy atom. The zero-order chi connectivity index (χ0) is 20.6. The Morgan fingerprint density at radius 2 is 1.57 bits per heavy atom. The van der Waals surface area contributed by atoms with Crippen molar-refractivity contribution in [3.63, 3.8) is 0 Å². The lowest BCUT2D eigenvalue weighted by atomic mass is 10.1. The molecule has 0 radical (unpaired) electrons. The smallest absolute Gasteiger partial charge is 0.277 e. The number of likely N-dealkylation sites (tertiary alicyclic amines) is 1. The number of nitrogens with two attached hydrogens (primary N) is 1. The van der Waals surface area contributed by atoms with Gasteiger partial charge in [0, 0.05) is 31.7 Å². The minimum absolute atomic E-state index is 0.101. The molecule has 2 rings (SSSR count). The van der Waals surface area contributed by atoms with Gasteiger partial charge in [-0.05, 0) is 31.9 Å². The van der Waals surface area contributed by atoms with E-state index in [9.17, 15) is 13.2 Å². The van der Waals surface area contributed by atoms with Gasteiger partial charge in [0.05, 0.1) is 4.90 Å². The first kappa shape index (κ1) is 22.8. The van der Waals surface area contributed by atoms with E-state index in [0.717, 1.165) is 31.5 Å². The average molecular weight is 411 g/mol. The molecule has 1 saturated heterocycles. The number of quaternary nitrogens is 1. The van der Waals surface area contributed by atoms with Crippen molar-refractivity contribution >= 4 is 15.9 Å². The number of amides is 1. The summed E-state index contributed by atoms with van der Waals surface area (Å²) in [4.78, 5) is 14.9. The molecule has 0 saturated carbocycles. The number of rotatable bonds is 8. The third kappa shape index (κ3) is 6.03. The summed E-state index contributed by atoms with van der Waals surface area (Å²) in [6.45, 7) is 8.84. The van der Waals surface area contributed by atoms with Gasteiger partial charge in [-0.25, -0.2) is 8.42 Å². The van der Waals surface area contributed by atoms with Gasteiger partial charge < -0.3 is 10.2 Å². The third-order valence-electron chi connectivity index (χ3n) is 5.60. The average Bonchev–Trinajstić information content (AvgIpc) is 2.66. The highest BCUT2D eigenvalue weighted by molar-refractivity contribution is 7.89. The van der Waals surface area contributed by atoms with Gasteiger partial charge in [-0.1, -0.05) is 45.2 Å². The number of carbonyl (C=O) groups excluding carboxylic acids is 1. The molecule has 1 aliphatic rings. The summed E-state index contributed by atoms with van der Waals surface area (Å²) in [6.07, 6.45) is 5.91. The van der Waals surface area contributed by atoms with Gasteiger partial charge in [0.2, 0.25) is 10.0 Å². The predicted molar refractivity (Wildman–Crippen MR) is 111 cm³/mol. The van der Waals surface area contributed by atoms with Crippen LogP contribution in [-0.2, 0) is 14.8 Å². The molecule has 0 spiro atoms. The molecule has 158 valence electrons. The molecule has 28 heavy (non-hydrogen) atoms. The van der Waals surface area contributed by atoms with Crippen LogP contribution in [0.3, 0.4) is 0 Å². The quantitative estimate of drug-likeness (QED) is 0.713. The first-order valence-electron chi connectivity index (χ1n) is 10.6. The van der Waals surface area contributed by atoms with E-state index >= 15 is 0 Å². The number of hydrogen-bond donors (Lipinski definition) is 1. The highest BCUT2D eigenvalue weighted by Gasteiger charge is 2.22. The summed E-state index contributed by atoms with van der Waals surface area (Å²) in [7, 11) is -3.43. The van der Waals surface area contributed by atoms with Crippen LogP contribution in [0.25, 0.3) is 0 Å². The molecular weight excluding hydrogens is 374 g/mol. The van der Waals surface area contributed by atoms with E-state index in [-0.39, 0.29) is 11.9 Å². The van der Waals surface area contributed by atoms with E-state index in [1.807, 2.05) is 36.2 Å². The van der Waals surface area contributed by atoms with Gasteiger partial charge in [-0.15, -0.1) is 0 Å².